The zero-order valence-corrected chi connectivity index (χ0v) is 15.2. The molecule has 0 fully saturated rings. The van der Waals surface area contributed by atoms with E-state index in [0.29, 0.717) is 15.6 Å². The summed E-state index contributed by atoms with van der Waals surface area (Å²) in [6.45, 7) is 2.15. The number of nitrogens with zero attached hydrogens (tertiary/aromatic N) is 2. The number of hydrogen-bond acceptors (Lipinski definition) is 3. The summed E-state index contributed by atoms with van der Waals surface area (Å²) in [7, 11) is 0. The maximum Gasteiger partial charge on any atom is 0.244 e. The molecule has 1 amide bonds. The molecule has 0 bridgehead atoms. The number of amides is 1. The largest absolute Gasteiger partial charge is 0.325 e. The Labute approximate surface area is 155 Å². The molecule has 3 aromatic rings. The van der Waals surface area contributed by atoms with E-state index in [1.165, 1.54) is 5.56 Å². The first kappa shape index (κ1) is 17.4. The number of benzene rings is 2. The summed E-state index contributed by atoms with van der Waals surface area (Å²) >= 11 is 11.2. The molecule has 0 aliphatic heterocycles. The van der Waals surface area contributed by atoms with Crippen molar-refractivity contribution in [3.63, 3.8) is 0 Å². The molecule has 1 heterocycles. The highest BCUT2D eigenvalue weighted by Gasteiger charge is 2.12. The minimum absolute atomic E-state index is 0.0731. The van der Waals surface area contributed by atoms with Gasteiger partial charge in [0.15, 0.2) is 10.6 Å². The zero-order valence-electron chi connectivity index (χ0n) is 13.6. The Balaban J connectivity index is 1.80. The summed E-state index contributed by atoms with van der Waals surface area (Å²) in [6, 6.07) is 15.0. The third-order valence-electron chi connectivity index (χ3n) is 3.78. The van der Waals surface area contributed by atoms with Crippen LogP contribution in [0, 0.1) is 4.77 Å². The summed E-state index contributed by atoms with van der Waals surface area (Å²) in [4.78, 5) is 12.4. The normalized spacial score (nSPS) is 10.6. The standard InChI is InChI=1S/C18H17ClN4OS/c1-2-12-4-3-5-15(10-12)20-16(24)11-23-17(21-22-18(23)25)13-6-8-14(19)9-7-13/h3-10H,2,11H2,1H3,(H,20,24)(H,22,25). The Hall–Kier alpha value is -2.44. The first-order valence-electron chi connectivity index (χ1n) is 7.86. The zero-order chi connectivity index (χ0) is 17.8. The molecule has 25 heavy (non-hydrogen) atoms. The number of aromatic nitrogens is 3. The monoisotopic (exact) mass is 372 g/mol. The van der Waals surface area contributed by atoms with Crippen LogP contribution in [-0.2, 0) is 17.8 Å². The second kappa shape index (κ2) is 7.63. The average molecular weight is 373 g/mol. The minimum atomic E-state index is -0.166. The Bertz CT molecular complexity index is 946. The lowest BCUT2D eigenvalue weighted by molar-refractivity contribution is -0.116. The van der Waals surface area contributed by atoms with Crippen molar-refractivity contribution in [1.29, 1.82) is 0 Å². The van der Waals surface area contributed by atoms with Crippen molar-refractivity contribution < 1.29 is 4.79 Å². The van der Waals surface area contributed by atoms with Gasteiger partial charge in [0.05, 0.1) is 0 Å². The maximum absolute atomic E-state index is 12.4. The molecule has 128 valence electrons. The van der Waals surface area contributed by atoms with E-state index < -0.39 is 0 Å². The number of aromatic amines is 1. The van der Waals surface area contributed by atoms with Crippen LogP contribution in [0.3, 0.4) is 0 Å². The van der Waals surface area contributed by atoms with Gasteiger partial charge in [0.25, 0.3) is 0 Å². The Kier molecular flexibility index (Phi) is 5.31. The number of rotatable bonds is 5. The van der Waals surface area contributed by atoms with E-state index in [4.69, 9.17) is 23.8 Å². The van der Waals surface area contributed by atoms with Crippen molar-refractivity contribution >= 4 is 35.4 Å². The molecule has 0 atom stereocenters. The molecular weight excluding hydrogens is 356 g/mol. The molecule has 2 aromatic carbocycles. The van der Waals surface area contributed by atoms with Crippen molar-refractivity contribution in [2.24, 2.45) is 0 Å². The predicted molar refractivity (Wildman–Crippen MR) is 102 cm³/mol. The van der Waals surface area contributed by atoms with Gasteiger partial charge in [-0.2, -0.15) is 5.10 Å². The molecule has 0 saturated carbocycles. The summed E-state index contributed by atoms with van der Waals surface area (Å²) in [5.41, 5.74) is 2.77. The quantitative estimate of drug-likeness (QED) is 0.650. The van der Waals surface area contributed by atoms with Gasteiger partial charge in [0, 0.05) is 16.3 Å². The summed E-state index contributed by atoms with van der Waals surface area (Å²) in [6.07, 6.45) is 0.914. The minimum Gasteiger partial charge on any atom is -0.325 e. The van der Waals surface area contributed by atoms with Crippen molar-refractivity contribution in [2.45, 2.75) is 19.9 Å². The van der Waals surface area contributed by atoms with E-state index in [1.807, 2.05) is 36.4 Å². The SMILES string of the molecule is CCc1cccc(NC(=O)Cn2c(-c3ccc(Cl)cc3)n[nH]c2=S)c1. The molecule has 3 rings (SSSR count). The fraction of sp³-hybridized carbons (Fsp3) is 0.167. The van der Waals surface area contributed by atoms with Crippen LogP contribution in [0.2, 0.25) is 5.02 Å². The highest BCUT2D eigenvalue weighted by Crippen LogP contribution is 2.20. The average Bonchev–Trinajstić information content (AvgIpc) is 2.96. The third kappa shape index (κ3) is 4.15. The molecule has 0 aliphatic carbocycles. The molecule has 5 nitrogen and oxygen atoms in total. The lowest BCUT2D eigenvalue weighted by Crippen LogP contribution is -2.19. The molecule has 0 unspecified atom stereocenters. The van der Waals surface area contributed by atoms with Gasteiger partial charge >= 0.3 is 0 Å². The molecule has 7 heteroatoms. The first-order valence-corrected chi connectivity index (χ1v) is 8.65. The van der Waals surface area contributed by atoms with E-state index in [-0.39, 0.29) is 12.5 Å². The van der Waals surface area contributed by atoms with Crippen LogP contribution in [-0.4, -0.2) is 20.7 Å². The lowest BCUT2D eigenvalue weighted by Gasteiger charge is -2.09. The molecule has 0 radical (unpaired) electrons. The Morgan fingerprint density at radius 3 is 2.76 bits per heavy atom. The van der Waals surface area contributed by atoms with E-state index >= 15 is 0 Å². The van der Waals surface area contributed by atoms with Crippen LogP contribution >= 0.6 is 23.8 Å². The molecule has 0 aliphatic rings. The van der Waals surface area contributed by atoms with Crippen LogP contribution in [0.25, 0.3) is 11.4 Å². The fourth-order valence-corrected chi connectivity index (χ4v) is 2.82. The van der Waals surface area contributed by atoms with Gasteiger partial charge in [-0.1, -0.05) is 30.7 Å². The number of aryl methyl sites for hydroxylation is 1. The van der Waals surface area contributed by atoms with E-state index in [1.54, 1.807) is 16.7 Å². The number of halogens is 1. The van der Waals surface area contributed by atoms with Gasteiger partial charge in [-0.15, -0.1) is 0 Å². The smallest absolute Gasteiger partial charge is 0.244 e. The summed E-state index contributed by atoms with van der Waals surface area (Å²) < 4.78 is 2.06. The topological polar surface area (TPSA) is 62.7 Å². The van der Waals surface area contributed by atoms with Crippen molar-refractivity contribution in [3.8, 4) is 11.4 Å². The van der Waals surface area contributed by atoms with Gasteiger partial charge in [0.2, 0.25) is 5.91 Å². The van der Waals surface area contributed by atoms with Crippen LogP contribution in [0.1, 0.15) is 12.5 Å². The van der Waals surface area contributed by atoms with Gasteiger partial charge in [-0.3, -0.25) is 14.5 Å². The number of H-pyrrole nitrogens is 1. The van der Waals surface area contributed by atoms with Crippen LogP contribution in [0.4, 0.5) is 5.69 Å². The number of carbonyl (C=O) groups excluding carboxylic acids is 1. The number of anilines is 1. The Morgan fingerprint density at radius 1 is 1.28 bits per heavy atom. The van der Waals surface area contributed by atoms with Crippen molar-refractivity contribution in [2.75, 3.05) is 5.32 Å². The van der Waals surface area contributed by atoms with Gasteiger partial charge in [-0.25, -0.2) is 0 Å². The fourth-order valence-electron chi connectivity index (χ4n) is 2.50. The van der Waals surface area contributed by atoms with Gasteiger partial charge in [-0.05, 0) is 60.6 Å². The predicted octanol–water partition coefficient (Wildman–Crippen LogP) is 4.46. The molecule has 0 spiro atoms. The number of hydrogen-bond donors (Lipinski definition) is 2. The summed E-state index contributed by atoms with van der Waals surface area (Å²) in [5.74, 6) is 0.431. The second-order valence-corrected chi connectivity index (χ2v) is 6.37. The van der Waals surface area contributed by atoms with E-state index in [0.717, 1.165) is 17.7 Å². The number of nitrogens with one attached hydrogen (secondary N) is 2. The third-order valence-corrected chi connectivity index (χ3v) is 4.35. The molecule has 0 saturated heterocycles. The first-order chi connectivity index (χ1) is 12.1. The van der Waals surface area contributed by atoms with E-state index in [9.17, 15) is 4.79 Å². The Morgan fingerprint density at radius 2 is 2.04 bits per heavy atom. The van der Waals surface area contributed by atoms with Crippen molar-refractivity contribution in [1.82, 2.24) is 14.8 Å². The van der Waals surface area contributed by atoms with Gasteiger partial charge in [0.1, 0.15) is 6.54 Å². The second-order valence-electron chi connectivity index (χ2n) is 5.55. The molecular formula is C18H17ClN4OS. The highest BCUT2D eigenvalue weighted by atomic mass is 35.5. The van der Waals surface area contributed by atoms with Gasteiger partial charge < -0.3 is 5.32 Å². The number of carbonyl (C=O) groups is 1. The van der Waals surface area contributed by atoms with Crippen LogP contribution < -0.4 is 5.32 Å². The molecule has 1 aromatic heterocycles. The van der Waals surface area contributed by atoms with Crippen LogP contribution in [0.15, 0.2) is 48.5 Å². The summed E-state index contributed by atoms with van der Waals surface area (Å²) in [5, 5.41) is 10.5. The lowest BCUT2D eigenvalue weighted by atomic mass is 10.1. The van der Waals surface area contributed by atoms with E-state index in [2.05, 4.69) is 22.4 Å². The highest BCUT2D eigenvalue weighted by molar-refractivity contribution is 7.71. The van der Waals surface area contributed by atoms with Crippen molar-refractivity contribution in [3.05, 3.63) is 63.9 Å². The van der Waals surface area contributed by atoms with Crippen LogP contribution in [0.5, 0.6) is 0 Å². The maximum atomic E-state index is 12.4. The molecule has 2 N–H and O–H groups in total.